The topological polar surface area (TPSA) is 76.6 Å². The van der Waals surface area contributed by atoms with E-state index < -0.39 is 0 Å². The molecule has 2 aromatic carbocycles. The van der Waals surface area contributed by atoms with Crippen molar-refractivity contribution < 1.29 is 14.3 Å². The molecule has 1 saturated heterocycles. The van der Waals surface area contributed by atoms with E-state index in [9.17, 15) is 4.79 Å². The van der Waals surface area contributed by atoms with Crippen LogP contribution in [0.25, 0.3) is 0 Å². The van der Waals surface area contributed by atoms with Crippen molar-refractivity contribution in [3.63, 3.8) is 0 Å². The molecule has 7 nitrogen and oxygen atoms in total. The van der Waals surface area contributed by atoms with E-state index in [4.69, 9.17) is 9.47 Å². The lowest BCUT2D eigenvalue weighted by Gasteiger charge is -2.34. The molecule has 1 aliphatic rings. The molecule has 1 N–H and O–H groups in total. The van der Waals surface area contributed by atoms with E-state index in [2.05, 4.69) is 15.3 Å². The summed E-state index contributed by atoms with van der Waals surface area (Å²) in [5.74, 6) is 0.450. The molecule has 3 aromatic rings. The van der Waals surface area contributed by atoms with Crippen LogP contribution >= 0.6 is 0 Å². The van der Waals surface area contributed by atoms with Crippen molar-refractivity contribution in [3.8, 4) is 11.9 Å². The van der Waals surface area contributed by atoms with Crippen LogP contribution in [0.2, 0.25) is 0 Å². The molecule has 0 radical (unpaired) electrons. The normalized spacial score (nSPS) is 16.1. The Kier molecular flexibility index (Phi) is 6.62. The van der Waals surface area contributed by atoms with Crippen molar-refractivity contribution in [2.24, 2.45) is 0 Å². The maximum atomic E-state index is 13.2. The van der Waals surface area contributed by atoms with Crippen molar-refractivity contribution in [2.45, 2.75) is 25.0 Å². The summed E-state index contributed by atoms with van der Waals surface area (Å²) < 4.78 is 11.1. The van der Waals surface area contributed by atoms with Crippen molar-refractivity contribution in [2.75, 3.05) is 20.2 Å². The monoisotopic (exact) mass is 418 g/mol. The number of benzene rings is 2. The van der Waals surface area contributed by atoms with E-state index in [-0.39, 0.29) is 24.2 Å². The van der Waals surface area contributed by atoms with Crippen LogP contribution in [-0.2, 0) is 0 Å². The molecule has 4 rings (SSSR count). The van der Waals surface area contributed by atoms with Gasteiger partial charge in [-0.3, -0.25) is 0 Å². The highest BCUT2D eigenvalue weighted by atomic mass is 16.5. The summed E-state index contributed by atoms with van der Waals surface area (Å²) in [6.07, 6.45) is 3.18. The molecule has 0 bridgehead atoms. The van der Waals surface area contributed by atoms with Gasteiger partial charge in [0, 0.05) is 18.8 Å². The Morgan fingerprint density at radius 2 is 1.74 bits per heavy atom. The number of amides is 2. The van der Waals surface area contributed by atoms with Crippen molar-refractivity contribution in [1.82, 2.24) is 20.2 Å². The van der Waals surface area contributed by atoms with Crippen LogP contribution in [0.5, 0.6) is 11.9 Å². The number of hydrogen-bond donors (Lipinski definition) is 1. The predicted octanol–water partition coefficient (Wildman–Crippen LogP) is 3.83. The minimum atomic E-state index is -0.220. The number of aromatic nitrogens is 2. The first kappa shape index (κ1) is 20.7. The lowest BCUT2D eigenvalue weighted by molar-refractivity contribution is 0.0963. The van der Waals surface area contributed by atoms with E-state index in [1.165, 1.54) is 7.11 Å². The molecule has 31 heavy (non-hydrogen) atoms. The summed E-state index contributed by atoms with van der Waals surface area (Å²) in [4.78, 5) is 23.2. The maximum absolute atomic E-state index is 13.2. The molecule has 0 aliphatic carbocycles. The lowest BCUT2D eigenvalue weighted by atomic mass is 9.99. The number of carbonyl (C=O) groups excluding carboxylic acids is 1. The first-order valence-electron chi connectivity index (χ1n) is 10.4. The van der Waals surface area contributed by atoms with Gasteiger partial charge in [0.25, 0.3) is 0 Å². The molecule has 0 saturated carbocycles. The average Bonchev–Trinajstić information content (AvgIpc) is 2.84. The van der Waals surface area contributed by atoms with Crippen LogP contribution in [-0.4, -0.2) is 47.2 Å². The second kappa shape index (κ2) is 9.93. The summed E-state index contributed by atoms with van der Waals surface area (Å²) in [5, 5.41) is 3.21. The van der Waals surface area contributed by atoms with Gasteiger partial charge in [0.1, 0.15) is 6.10 Å². The van der Waals surface area contributed by atoms with E-state index in [1.807, 2.05) is 65.6 Å². The van der Waals surface area contributed by atoms with Gasteiger partial charge in [0.05, 0.1) is 19.7 Å². The highest BCUT2D eigenvalue weighted by molar-refractivity contribution is 5.75. The summed E-state index contributed by atoms with van der Waals surface area (Å²) >= 11 is 0. The lowest BCUT2D eigenvalue weighted by Crippen LogP contribution is -2.49. The molecule has 1 aromatic heterocycles. The van der Waals surface area contributed by atoms with Crippen LogP contribution < -0.4 is 14.8 Å². The van der Waals surface area contributed by atoms with Gasteiger partial charge in [0.2, 0.25) is 5.88 Å². The fourth-order valence-corrected chi connectivity index (χ4v) is 3.74. The quantitative estimate of drug-likeness (QED) is 0.658. The Hall–Kier alpha value is -3.61. The van der Waals surface area contributed by atoms with Gasteiger partial charge in [0.15, 0.2) is 0 Å². The Balaban J connectivity index is 1.45. The fourth-order valence-electron chi connectivity index (χ4n) is 3.74. The van der Waals surface area contributed by atoms with Crippen LogP contribution in [0, 0.1) is 0 Å². The largest absolute Gasteiger partial charge is 0.472 e. The van der Waals surface area contributed by atoms with E-state index >= 15 is 0 Å². The minimum Gasteiger partial charge on any atom is -0.472 e. The molecule has 2 amide bonds. The highest BCUT2D eigenvalue weighted by Gasteiger charge is 2.27. The predicted molar refractivity (Wildman–Crippen MR) is 117 cm³/mol. The third-order valence-electron chi connectivity index (χ3n) is 5.28. The number of nitrogens with one attached hydrogen (secondary N) is 1. The van der Waals surface area contributed by atoms with Gasteiger partial charge in [-0.15, -0.1) is 0 Å². The SMILES string of the molecule is COc1nccc(OC2CCCN(C(=O)NC(c3ccccc3)c3ccccc3)C2)n1. The maximum Gasteiger partial charge on any atom is 0.319 e. The van der Waals surface area contributed by atoms with Gasteiger partial charge < -0.3 is 19.7 Å². The van der Waals surface area contributed by atoms with Crippen LogP contribution in [0.4, 0.5) is 4.79 Å². The number of ether oxygens (including phenoxy) is 2. The Labute approximate surface area is 182 Å². The number of nitrogens with zero attached hydrogens (tertiary/aromatic N) is 3. The number of urea groups is 1. The Morgan fingerprint density at radius 3 is 2.39 bits per heavy atom. The number of rotatable bonds is 6. The molecule has 1 fully saturated rings. The minimum absolute atomic E-state index is 0.105. The van der Waals surface area contributed by atoms with Gasteiger partial charge in [-0.25, -0.2) is 9.78 Å². The molecule has 1 aliphatic heterocycles. The first-order valence-corrected chi connectivity index (χ1v) is 10.4. The van der Waals surface area contributed by atoms with Crippen LogP contribution in [0.15, 0.2) is 72.9 Å². The standard InChI is InChI=1S/C24H26N4O3/c1-30-23-25-15-14-21(26-23)31-20-13-8-16-28(17-20)24(29)27-22(18-9-4-2-5-10-18)19-11-6-3-7-12-19/h2-7,9-12,14-15,20,22H,8,13,16-17H2,1H3,(H,27,29). The van der Waals surface area contributed by atoms with Crippen molar-refractivity contribution in [1.29, 1.82) is 0 Å². The number of likely N-dealkylation sites (tertiary alicyclic amines) is 1. The van der Waals surface area contributed by atoms with E-state index in [1.54, 1.807) is 12.3 Å². The number of piperidine rings is 1. The highest BCUT2D eigenvalue weighted by Crippen LogP contribution is 2.23. The molecule has 0 spiro atoms. The fraction of sp³-hybridized carbons (Fsp3) is 0.292. The summed E-state index contributed by atoms with van der Waals surface area (Å²) in [6, 6.07) is 21.6. The zero-order chi connectivity index (χ0) is 21.5. The third kappa shape index (κ3) is 5.31. The van der Waals surface area contributed by atoms with E-state index in [0.717, 1.165) is 24.0 Å². The summed E-state index contributed by atoms with van der Waals surface area (Å²) in [5.41, 5.74) is 2.08. The molecule has 1 atom stereocenters. The second-order valence-electron chi connectivity index (χ2n) is 7.41. The summed E-state index contributed by atoms with van der Waals surface area (Å²) in [7, 11) is 1.52. The van der Waals surface area contributed by atoms with Gasteiger partial charge in [-0.2, -0.15) is 4.98 Å². The van der Waals surface area contributed by atoms with Crippen molar-refractivity contribution in [3.05, 3.63) is 84.1 Å². The zero-order valence-corrected chi connectivity index (χ0v) is 17.5. The Morgan fingerprint density at radius 1 is 1.06 bits per heavy atom. The van der Waals surface area contributed by atoms with Gasteiger partial charge in [-0.05, 0) is 24.0 Å². The zero-order valence-electron chi connectivity index (χ0n) is 17.5. The van der Waals surface area contributed by atoms with E-state index in [0.29, 0.717) is 19.0 Å². The molecule has 160 valence electrons. The second-order valence-corrected chi connectivity index (χ2v) is 7.41. The Bertz CT molecular complexity index is 945. The molecule has 7 heteroatoms. The summed E-state index contributed by atoms with van der Waals surface area (Å²) in [6.45, 7) is 1.18. The number of hydrogen-bond acceptors (Lipinski definition) is 5. The molecule has 2 heterocycles. The van der Waals surface area contributed by atoms with Gasteiger partial charge >= 0.3 is 12.0 Å². The first-order chi connectivity index (χ1) is 15.2. The smallest absolute Gasteiger partial charge is 0.319 e. The number of carbonyl (C=O) groups is 1. The third-order valence-corrected chi connectivity index (χ3v) is 5.28. The average molecular weight is 418 g/mol. The van der Waals surface area contributed by atoms with Crippen LogP contribution in [0.3, 0.4) is 0 Å². The van der Waals surface area contributed by atoms with Gasteiger partial charge in [-0.1, -0.05) is 60.7 Å². The molecular formula is C24H26N4O3. The van der Waals surface area contributed by atoms with Crippen molar-refractivity contribution >= 4 is 6.03 Å². The van der Waals surface area contributed by atoms with Crippen LogP contribution in [0.1, 0.15) is 30.0 Å². The molecule has 1 unspecified atom stereocenters. The molecular weight excluding hydrogens is 392 g/mol. The number of methoxy groups -OCH3 is 1.